The van der Waals surface area contributed by atoms with E-state index in [0.717, 1.165) is 30.7 Å². The fourth-order valence-electron chi connectivity index (χ4n) is 3.05. The minimum Gasteiger partial charge on any atom is -0.370 e. The van der Waals surface area contributed by atoms with Gasteiger partial charge >= 0.3 is 0 Å². The summed E-state index contributed by atoms with van der Waals surface area (Å²) >= 11 is 3.50. The number of rotatable bonds is 1. The van der Waals surface area contributed by atoms with E-state index in [4.69, 9.17) is 0 Å². The first-order valence-electron chi connectivity index (χ1n) is 6.40. The lowest BCUT2D eigenvalue weighted by molar-refractivity contribution is -0.129. The average molecular weight is 309 g/mol. The summed E-state index contributed by atoms with van der Waals surface area (Å²) in [6.07, 6.45) is 0. The van der Waals surface area contributed by atoms with E-state index in [1.807, 2.05) is 0 Å². The van der Waals surface area contributed by atoms with Gasteiger partial charge in [0.2, 0.25) is 0 Å². The minimum atomic E-state index is 0.167. The van der Waals surface area contributed by atoms with E-state index in [9.17, 15) is 4.79 Å². The van der Waals surface area contributed by atoms with Crippen LogP contribution in [0.15, 0.2) is 22.7 Å². The Hall–Kier alpha value is -0.870. The normalized spacial score (nSPS) is 27.4. The quantitative estimate of drug-likeness (QED) is 0.861. The number of benzene rings is 1. The van der Waals surface area contributed by atoms with Crippen LogP contribution in [0.2, 0.25) is 0 Å². The van der Waals surface area contributed by atoms with Crippen molar-refractivity contribution in [3.63, 3.8) is 0 Å². The number of carbonyl (C=O) groups excluding carboxylic acids is 1. The molecule has 0 aromatic heterocycles. The molecule has 0 radical (unpaired) electrons. The van der Waals surface area contributed by atoms with Crippen molar-refractivity contribution in [3.05, 3.63) is 28.2 Å². The molecule has 2 bridgehead atoms. The third-order valence-electron chi connectivity index (χ3n) is 3.97. The molecule has 3 nitrogen and oxygen atoms in total. The Balaban J connectivity index is 1.87. The molecule has 96 valence electrons. The van der Waals surface area contributed by atoms with E-state index in [2.05, 4.69) is 51.3 Å². The van der Waals surface area contributed by atoms with Crippen LogP contribution in [0.3, 0.4) is 0 Å². The van der Waals surface area contributed by atoms with Gasteiger partial charge in [-0.25, -0.2) is 0 Å². The van der Waals surface area contributed by atoms with Crippen LogP contribution in [0.1, 0.15) is 5.56 Å². The topological polar surface area (TPSA) is 32.3 Å². The molecule has 3 rings (SSSR count). The van der Waals surface area contributed by atoms with Crippen LogP contribution < -0.4 is 10.2 Å². The molecular weight excluding hydrogens is 292 g/mol. The summed E-state index contributed by atoms with van der Waals surface area (Å²) in [6, 6.07) is 6.37. The zero-order valence-corrected chi connectivity index (χ0v) is 12.0. The second-order valence-corrected chi connectivity index (χ2v) is 6.21. The molecule has 4 heteroatoms. The Kier molecular flexibility index (Phi) is 3.16. The van der Waals surface area contributed by atoms with Gasteiger partial charge in [0.05, 0.1) is 0 Å². The van der Waals surface area contributed by atoms with Crippen LogP contribution in [0.4, 0.5) is 5.69 Å². The van der Waals surface area contributed by atoms with Crippen LogP contribution in [-0.2, 0) is 4.79 Å². The lowest BCUT2D eigenvalue weighted by Gasteiger charge is -2.42. The second-order valence-electron chi connectivity index (χ2n) is 5.29. The standard InChI is InChI=1S/C14H17BrN2O/c1-9-4-12(15)2-3-13(9)17-7-10-5-16-6-11(8-17)14(10)18/h2-4,10-11,16H,5-8H2,1H3. The van der Waals surface area contributed by atoms with Crippen molar-refractivity contribution in [2.24, 2.45) is 11.8 Å². The largest absolute Gasteiger partial charge is 0.370 e. The van der Waals surface area contributed by atoms with Gasteiger partial charge in [-0.15, -0.1) is 0 Å². The Morgan fingerprint density at radius 1 is 1.28 bits per heavy atom. The number of anilines is 1. The number of halogens is 1. The third kappa shape index (κ3) is 2.08. The summed E-state index contributed by atoms with van der Waals surface area (Å²) in [5.74, 6) is 0.792. The summed E-state index contributed by atoms with van der Waals surface area (Å²) < 4.78 is 1.11. The zero-order chi connectivity index (χ0) is 12.7. The molecule has 2 aliphatic heterocycles. The number of hydrogen-bond donors (Lipinski definition) is 1. The molecule has 1 aromatic carbocycles. The summed E-state index contributed by atoms with van der Waals surface area (Å²) in [7, 11) is 0. The molecule has 18 heavy (non-hydrogen) atoms. The minimum absolute atomic E-state index is 0.167. The fraction of sp³-hybridized carbons (Fsp3) is 0.500. The maximum absolute atomic E-state index is 12.0. The Bertz CT molecular complexity index is 473. The van der Waals surface area contributed by atoms with Gasteiger partial charge in [0.25, 0.3) is 0 Å². The van der Waals surface area contributed by atoms with Crippen molar-refractivity contribution in [1.29, 1.82) is 0 Å². The van der Waals surface area contributed by atoms with Crippen molar-refractivity contribution in [3.8, 4) is 0 Å². The fourth-order valence-corrected chi connectivity index (χ4v) is 3.53. The van der Waals surface area contributed by atoms with E-state index >= 15 is 0 Å². The Morgan fingerprint density at radius 3 is 2.56 bits per heavy atom. The number of ketones is 1. The SMILES string of the molecule is Cc1cc(Br)ccc1N1CC2CNCC(C1)C2=O. The maximum atomic E-state index is 12.0. The van der Waals surface area contributed by atoms with Crippen LogP contribution in [-0.4, -0.2) is 32.0 Å². The molecule has 2 saturated heterocycles. The smallest absolute Gasteiger partial charge is 0.145 e. The molecule has 2 unspecified atom stereocenters. The second kappa shape index (κ2) is 4.67. The molecule has 2 aliphatic rings. The lowest BCUT2D eigenvalue weighted by atomic mass is 9.84. The first-order chi connectivity index (χ1) is 8.65. The average Bonchev–Trinajstić information content (AvgIpc) is 2.29. The van der Waals surface area contributed by atoms with Crippen LogP contribution in [0.25, 0.3) is 0 Å². The first-order valence-corrected chi connectivity index (χ1v) is 7.20. The van der Waals surface area contributed by atoms with E-state index in [0.29, 0.717) is 5.78 Å². The van der Waals surface area contributed by atoms with Gasteiger partial charge in [0.15, 0.2) is 0 Å². The van der Waals surface area contributed by atoms with E-state index < -0.39 is 0 Å². The number of carbonyl (C=O) groups is 1. The monoisotopic (exact) mass is 308 g/mol. The van der Waals surface area contributed by atoms with Gasteiger partial charge in [0.1, 0.15) is 5.78 Å². The predicted molar refractivity (Wildman–Crippen MR) is 75.9 cm³/mol. The van der Waals surface area contributed by atoms with Crippen molar-refractivity contribution in [2.45, 2.75) is 6.92 Å². The molecule has 2 fully saturated rings. The molecular formula is C14H17BrN2O. The third-order valence-corrected chi connectivity index (χ3v) is 4.46. The summed E-state index contributed by atoms with van der Waals surface area (Å²) in [6.45, 7) is 5.50. The van der Waals surface area contributed by atoms with E-state index in [-0.39, 0.29) is 11.8 Å². The van der Waals surface area contributed by atoms with Crippen LogP contribution >= 0.6 is 15.9 Å². The molecule has 2 atom stereocenters. The summed E-state index contributed by atoms with van der Waals surface area (Å²) in [4.78, 5) is 14.4. The first kappa shape index (κ1) is 12.2. The number of aryl methyl sites for hydroxylation is 1. The Morgan fingerprint density at radius 2 is 1.94 bits per heavy atom. The van der Waals surface area contributed by atoms with Gasteiger partial charge in [-0.1, -0.05) is 15.9 Å². The van der Waals surface area contributed by atoms with Crippen molar-refractivity contribution in [2.75, 3.05) is 31.1 Å². The van der Waals surface area contributed by atoms with Gasteiger partial charge < -0.3 is 10.2 Å². The van der Waals surface area contributed by atoms with Gasteiger partial charge in [-0.3, -0.25) is 4.79 Å². The number of fused-ring (bicyclic) bond motifs is 2. The number of nitrogens with zero attached hydrogens (tertiary/aromatic N) is 1. The van der Waals surface area contributed by atoms with Gasteiger partial charge in [-0.05, 0) is 30.7 Å². The highest BCUT2D eigenvalue weighted by Crippen LogP contribution is 2.29. The zero-order valence-electron chi connectivity index (χ0n) is 10.4. The maximum Gasteiger partial charge on any atom is 0.145 e. The molecule has 0 aliphatic carbocycles. The summed E-state index contributed by atoms with van der Waals surface area (Å²) in [5.41, 5.74) is 2.53. The Labute approximate surface area is 116 Å². The number of hydrogen-bond acceptors (Lipinski definition) is 3. The van der Waals surface area contributed by atoms with E-state index in [1.54, 1.807) is 0 Å². The highest BCUT2D eigenvalue weighted by Gasteiger charge is 2.38. The number of Topliss-reactive ketones (excluding diaryl/α,β-unsaturated/α-hetero) is 1. The van der Waals surface area contributed by atoms with Crippen LogP contribution in [0.5, 0.6) is 0 Å². The molecule has 2 heterocycles. The molecule has 1 N–H and O–H groups in total. The van der Waals surface area contributed by atoms with Gasteiger partial charge in [-0.2, -0.15) is 0 Å². The van der Waals surface area contributed by atoms with Crippen molar-refractivity contribution in [1.82, 2.24) is 5.32 Å². The van der Waals surface area contributed by atoms with Gasteiger partial charge in [0, 0.05) is 48.2 Å². The van der Waals surface area contributed by atoms with Crippen LogP contribution in [0, 0.1) is 18.8 Å². The number of piperidine rings is 2. The highest BCUT2D eigenvalue weighted by molar-refractivity contribution is 9.10. The highest BCUT2D eigenvalue weighted by atomic mass is 79.9. The molecule has 0 saturated carbocycles. The molecule has 1 aromatic rings. The summed E-state index contributed by atoms with van der Waals surface area (Å²) in [5, 5.41) is 3.36. The predicted octanol–water partition coefficient (Wildman–Crippen LogP) is 1.98. The van der Waals surface area contributed by atoms with Crippen molar-refractivity contribution < 1.29 is 4.79 Å². The molecule has 0 spiro atoms. The van der Waals surface area contributed by atoms with Crippen molar-refractivity contribution >= 4 is 27.4 Å². The lowest BCUT2D eigenvalue weighted by Crippen LogP contribution is -2.57. The molecule has 0 amide bonds. The van der Waals surface area contributed by atoms with E-state index in [1.165, 1.54) is 11.3 Å². The number of nitrogens with one attached hydrogen (secondary N) is 1.